The first-order chi connectivity index (χ1) is 36.2. The zero-order valence-corrected chi connectivity index (χ0v) is 54.1. The second kappa shape index (κ2) is 31.5. The quantitative estimate of drug-likeness (QED) is 0.0515. The van der Waals surface area contributed by atoms with E-state index in [2.05, 4.69) is 35.8 Å². The van der Waals surface area contributed by atoms with Crippen LogP contribution in [0.15, 0.2) is 77.5 Å². The third-order valence-electron chi connectivity index (χ3n) is 13.2. The molecule has 2 aromatic carbocycles. The summed E-state index contributed by atoms with van der Waals surface area (Å²) < 4.78 is 14.4. The van der Waals surface area contributed by atoms with Crippen molar-refractivity contribution in [3.63, 3.8) is 0 Å². The monoisotopic (exact) mass is 1250 g/mol. The molecule has 0 saturated carbocycles. The van der Waals surface area contributed by atoms with Crippen LogP contribution in [0.3, 0.4) is 0 Å². The van der Waals surface area contributed by atoms with Crippen molar-refractivity contribution < 1.29 is 19.2 Å². The number of unbranched alkanes of at least 4 members (excludes halogenated alkanes) is 18. The fourth-order valence-electron chi connectivity index (χ4n) is 9.30. The van der Waals surface area contributed by atoms with Crippen molar-refractivity contribution in [3.05, 3.63) is 99.7 Å². The van der Waals surface area contributed by atoms with E-state index in [1.54, 1.807) is 24.3 Å². The van der Waals surface area contributed by atoms with Crippen molar-refractivity contribution in [3.8, 4) is 0 Å². The molecule has 8 rings (SSSR count). The number of thioether (sulfide) groups is 14. The normalized spacial score (nSPS) is 17.8. The fourth-order valence-corrected chi connectivity index (χ4v) is 27.4. The molecule has 20 heteroatoms. The first-order valence-corrected chi connectivity index (χ1v) is 39.3. The summed E-state index contributed by atoms with van der Waals surface area (Å²) in [5, 5.41) is 5.60. The maximum Gasteiger partial charge on any atom is 0.261 e. The van der Waals surface area contributed by atoms with Crippen LogP contribution in [-0.2, 0) is 0 Å². The van der Waals surface area contributed by atoms with Gasteiger partial charge < -0.3 is 0 Å². The summed E-state index contributed by atoms with van der Waals surface area (Å²) in [5.74, 6) is 1.05. The van der Waals surface area contributed by atoms with Crippen LogP contribution in [-0.4, -0.2) is 83.0 Å². The molecule has 0 spiro atoms. The van der Waals surface area contributed by atoms with E-state index in [1.807, 2.05) is 165 Å². The third-order valence-corrected chi connectivity index (χ3v) is 32.3. The number of imide groups is 2. The van der Waals surface area contributed by atoms with Gasteiger partial charge in [0, 0.05) is 46.1 Å². The Labute approximate surface area is 500 Å². The van der Waals surface area contributed by atoms with Gasteiger partial charge in [-0.2, -0.15) is 0 Å². The zero-order chi connectivity index (χ0) is 51.8. The van der Waals surface area contributed by atoms with Gasteiger partial charge in [-0.05, 0) is 97.3 Å². The second-order valence-corrected chi connectivity index (χ2v) is 34.3. The van der Waals surface area contributed by atoms with Crippen molar-refractivity contribution in [1.82, 2.24) is 9.80 Å². The predicted molar refractivity (Wildman–Crippen MR) is 351 cm³/mol. The van der Waals surface area contributed by atoms with Crippen LogP contribution in [0, 0.1) is 0 Å². The number of benzene rings is 2. The predicted octanol–water partition coefficient (Wildman–Crippen LogP) is 20.8. The van der Waals surface area contributed by atoms with Gasteiger partial charge in [0.1, 0.15) is 0 Å². The van der Waals surface area contributed by atoms with E-state index >= 15 is 0 Å². The highest BCUT2D eigenvalue weighted by Gasteiger charge is 2.39. The average molecular weight is 1260 g/mol. The minimum absolute atomic E-state index is 0.330. The maximum atomic E-state index is 13.8. The largest absolute Gasteiger partial charge is 0.274 e. The number of hydrogen-bond acceptors (Lipinski definition) is 18. The van der Waals surface area contributed by atoms with E-state index in [1.165, 1.54) is 154 Å². The van der Waals surface area contributed by atoms with Crippen molar-refractivity contribution in [2.45, 2.75) is 128 Å². The lowest BCUT2D eigenvalue weighted by molar-refractivity contribution is 0.0586. The molecule has 0 aromatic heterocycles. The number of nitrogens with zero attached hydrogens (tertiary/aromatic N) is 2. The molecule has 0 aliphatic carbocycles. The highest BCUT2D eigenvalue weighted by atomic mass is 32.3. The van der Waals surface area contributed by atoms with E-state index in [0.29, 0.717) is 46.1 Å². The standard InChI is InChI=1S/C54H66N2O4S14/c1-61-47-48(62-2)72-53(71-47)51-67-33-39(69-51)65-31-23-19-15-11-7-5-9-13-17-21-29-55-43(57)35-25-27-37-42-38(28-26-36(41(35)42)44(55)58)46(60)56(45(37)59)30-22-18-14-10-6-8-12-16-20-24-32-66-40-34-68-52(70-40)54-73-49(63-3)50(64-4)74-54/h25-28,33-34H,5-24,29-32H2,1-4H3. The Balaban J connectivity index is 0.646. The van der Waals surface area contributed by atoms with Gasteiger partial charge in [-0.1, -0.05) is 197 Å². The van der Waals surface area contributed by atoms with Gasteiger partial charge in [-0.15, -0.1) is 70.6 Å². The van der Waals surface area contributed by atoms with E-state index in [0.717, 1.165) is 38.5 Å². The van der Waals surface area contributed by atoms with Crippen LogP contribution in [0.2, 0.25) is 0 Å². The zero-order valence-electron chi connectivity index (χ0n) is 42.7. The smallest absolute Gasteiger partial charge is 0.261 e. The van der Waals surface area contributed by atoms with E-state index in [9.17, 15) is 19.2 Å². The Morgan fingerprint density at radius 1 is 0.351 bits per heavy atom. The molecule has 6 nitrogen and oxygen atoms in total. The van der Waals surface area contributed by atoms with Crippen LogP contribution in [0.25, 0.3) is 10.8 Å². The molecule has 4 amide bonds. The molecule has 0 saturated heterocycles. The molecule has 6 heterocycles. The van der Waals surface area contributed by atoms with Crippen molar-refractivity contribution in [2.75, 3.05) is 49.6 Å². The molecule has 6 aliphatic heterocycles. The SMILES string of the molecule is CSC1=C(SC)SC(=C2SC=C(SCCCCCCCCCCCCN3C(=O)c4ccc5c6c(ccc(c46)C3=O)C(=O)N(CCCCCCCCCCCCSC3=CSC(=C4SC(SC)=C(SC)S4)S3)C5=O)S2)S1. The van der Waals surface area contributed by atoms with Crippen LogP contribution in [0.4, 0.5) is 0 Å². The Bertz CT molecular complexity index is 2330. The number of hydrogen-bond donors (Lipinski definition) is 0. The Hall–Kier alpha value is 0.320. The molecule has 0 unspecified atom stereocenters. The van der Waals surface area contributed by atoms with Gasteiger partial charge in [0.05, 0.1) is 42.4 Å². The van der Waals surface area contributed by atoms with E-state index < -0.39 is 0 Å². The van der Waals surface area contributed by atoms with Crippen LogP contribution in [0.1, 0.15) is 170 Å². The van der Waals surface area contributed by atoms with Crippen molar-refractivity contribution >= 4 is 199 Å². The topological polar surface area (TPSA) is 74.8 Å². The molecule has 0 atom stereocenters. The number of carbonyl (C=O) groups is 4. The lowest BCUT2D eigenvalue weighted by Gasteiger charge is -2.32. The van der Waals surface area contributed by atoms with Crippen molar-refractivity contribution in [2.24, 2.45) is 0 Å². The number of amides is 4. The summed E-state index contributed by atoms with van der Waals surface area (Å²) in [6, 6.07) is 6.78. The highest BCUT2D eigenvalue weighted by molar-refractivity contribution is 8.44. The minimum Gasteiger partial charge on any atom is -0.274 e. The molecular formula is C54H66N2O4S14. The second-order valence-electron chi connectivity index (χ2n) is 18.2. The van der Waals surface area contributed by atoms with Crippen LogP contribution >= 0.6 is 165 Å². The molecule has 0 N–H and O–H groups in total. The van der Waals surface area contributed by atoms with Gasteiger partial charge in [0.25, 0.3) is 23.6 Å². The van der Waals surface area contributed by atoms with Gasteiger partial charge in [0.15, 0.2) is 0 Å². The van der Waals surface area contributed by atoms with Crippen LogP contribution < -0.4 is 0 Å². The molecule has 74 heavy (non-hydrogen) atoms. The lowest BCUT2D eigenvalue weighted by Crippen LogP contribution is -2.43. The molecule has 2 aromatic rings. The number of rotatable bonds is 32. The van der Waals surface area contributed by atoms with Crippen LogP contribution in [0.5, 0.6) is 0 Å². The lowest BCUT2D eigenvalue weighted by atomic mass is 9.86. The van der Waals surface area contributed by atoms with E-state index in [-0.39, 0.29) is 23.6 Å². The molecule has 0 radical (unpaired) electrons. The maximum absolute atomic E-state index is 13.8. The van der Waals surface area contributed by atoms with Gasteiger partial charge >= 0.3 is 0 Å². The Kier molecular flexibility index (Phi) is 25.7. The summed E-state index contributed by atoms with van der Waals surface area (Å²) in [7, 11) is 0. The first kappa shape index (κ1) is 60.4. The minimum atomic E-state index is -0.330. The summed E-state index contributed by atoms with van der Waals surface area (Å²) in [4.78, 5) is 58.0. The summed E-state index contributed by atoms with van der Waals surface area (Å²) in [6.07, 6.45) is 31.9. The van der Waals surface area contributed by atoms with Gasteiger partial charge in [-0.3, -0.25) is 29.0 Å². The molecular weight excluding hydrogens is 1190 g/mol. The first-order valence-electron chi connectivity index (χ1n) is 25.8. The molecule has 0 bridgehead atoms. The summed E-state index contributed by atoms with van der Waals surface area (Å²) >= 11 is 26.9. The average Bonchev–Trinajstić information content (AvgIpc) is 4.26. The third kappa shape index (κ3) is 15.9. The molecule has 400 valence electrons. The highest BCUT2D eigenvalue weighted by Crippen LogP contribution is 2.64. The van der Waals surface area contributed by atoms with E-state index in [4.69, 9.17) is 0 Å². The Morgan fingerprint density at radius 3 is 0.905 bits per heavy atom. The fraction of sp³-hybridized carbons (Fsp3) is 0.519. The van der Waals surface area contributed by atoms with Gasteiger partial charge in [-0.25, -0.2) is 0 Å². The Morgan fingerprint density at radius 2 is 0.622 bits per heavy atom. The molecule has 6 aliphatic rings. The summed E-state index contributed by atoms with van der Waals surface area (Å²) in [5.41, 5.74) is 1.63. The summed E-state index contributed by atoms with van der Waals surface area (Å²) in [6.45, 7) is 0.748. The van der Waals surface area contributed by atoms with Crippen molar-refractivity contribution in [1.29, 1.82) is 0 Å². The van der Waals surface area contributed by atoms with Gasteiger partial charge in [0.2, 0.25) is 0 Å². The molecule has 0 fully saturated rings. The number of carbonyl (C=O) groups excluding carboxylic acids is 4.